The summed E-state index contributed by atoms with van der Waals surface area (Å²) in [6.45, 7) is -0.0594. The normalized spacial score (nSPS) is 11.1. The molecule has 0 heterocycles. The van der Waals surface area contributed by atoms with Gasteiger partial charge in [0.15, 0.2) is 0 Å². The molecule has 0 N–H and O–H groups in total. The summed E-state index contributed by atoms with van der Waals surface area (Å²) in [6.07, 6.45) is 0. The van der Waals surface area contributed by atoms with Crippen LogP contribution in [0.25, 0.3) is 0 Å². The van der Waals surface area contributed by atoms with E-state index in [0.29, 0.717) is 0 Å². The zero-order chi connectivity index (χ0) is 24.3. The lowest BCUT2D eigenvalue weighted by atomic mass is 10.0. The van der Waals surface area contributed by atoms with Crippen molar-refractivity contribution in [3.8, 4) is 0 Å². The molecule has 0 aliphatic rings. The first-order chi connectivity index (χ1) is 17.2. The fourth-order valence-electron chi connectivity index (χ4n) is 3.50. The van der Waals surface area contributed by atoms with Crippen molar-refractivity contribution in [2.45, 2.75) is 25.6 Å². The number of rotatable bonds is 11. The van der Waals surface area contributed by atoms with Crippen LogP contribution in [0, 0.1) is 0 Å². The zero-order valence-corrected chi connectivity index (χ0v) is 19.2. The molecule has 5 heteroatoms. The van der Waals surface area contributed by atoms with Gasteiger partial charge in [0.05, 0.1) is 13.2 Å². The Morgan fingerprint density at radius 1 is 0.514 bits per heavy atom. The summed E-state index contributed by atoms with van der Waals surface area (Å²) in [6, 6.07) is 36.3. The van der Waals surface area contributed by atoms with Gasteiger partial charge in [0, 0.05) is 5.56 Å². The predicted octanol–water partition coefficient (Wildman–Crippen LogP) is 5.74. The van der Waals surface area contributed by atoms with Crippen LogP contribution in [-0.4, -0.2) is 17.5 Å². The molecule has 0 spiro atoms. The van der Waals surface area contributed by atoms with Crippen LogP contribution < -0.4 is 0 Å². The van der Waals surface area contributed by atoms with E-state index in [1.54, 1.807) is 30.3 Å². The lowest BCUT2D eigenvalue weighted by Gasteiger charge is -2.30. The Hall–Kier alpha value is -4.06. The maximum Gasteiger partial charge on any atom is 0.376 e. The summed E-state index contributed by atoms with van der Waals surface area (Å²) in [7, 11) is 0. The largest absolute Gasteiger partial charge is 0.456 e. The highest BCUT2D eigenvalue weighted by molar-refractivity contribution is 6.14. The second-order valence-electron chi connectivity index (χ2n) is 7.92. The third kappa shape index (κ3) is 6.29. The Morgan fingerprint density at radius 3 is 1.31 bits per heavy atom. The molecule has 0 aromatic heterocycles. The highest BCUT2D eigenvalue weighted by atomic mass is 16.7. The number of carbonyl (C=O) groups is 2. The summed E-state index contributed by atoms with van der Waals surface area (Å²) < 4.78 is 17.7. The molecule has 0 unspecified atom stereocenters. The number of Topliss-reactive ketones (excluding diaryl/α,β-unsaturated/α-hetero) is 1. The Bertz CT molecular complexity index is 1170. The van der Waals surface area contributed by atoms with E-state index in [1.807, 2.05) is 91.0 Å². The SMILES string of the molecule is O=C(OCc1ccccc1)C(OCc1ccccc1)(OCc1ccccc1)C(=O)c1ccccc1. The molecule has 4 aromatic rings. The van der Waals surface area contributed by atoms with Gasteiger partial charge in [0.2, 0.25) is 5.78 Å². The summed E-state index contributed by atoms with van der Waals surface area (Å²) in [5.74, 6) is -3.81. The van der Waals surface area contributed by atoms with Gasteiger partial charge in [0.1, 0.15) is 6.61 Å². The molecule has 35 heavy (non-hydrogen) atoms. The molecule has 5 nitrogen and oxygen atoms in total. The fourth-order valence-corrected chi connectivity index (χ4v) is 3.50. The van der Waals surface area contributed by atoms with Crippen LogP contribution in [0.2, 0.25) is 0 Å². The Labute approximate surface area is 204 Å². The van der Waals surface area contributed by atoms with Gasteiger partial charge in [0.25, 0.3) is 0 Å². The average molecular weight is 467 g/mol. The molecule has 0 atom stereocenters. The maximum absolute atomic E-state index is 13.8. The van der Waals surface area contributed by atoms with Crippen molar-refractivity contribution in [2.75, 3.05) is 0 Å². The minimum Gasteiger partial charge on any atom is -0.456 e. The van der Waals surface area contributed by atoms with Gasteiger partial charge in [-0.3, -0.25) is 4.79 Å². The highest BCUT2D eigenvalue weighted by Gasteiger charge is 2.51. The molecule has 0 amide bonds. The first kappa shape index (κ1) is 24.1. The first-order valence-electron chi connectivity index (χ1n) is 11.3. The average Bonchev–Trinajstić information content (AvgIpc) is 2.94. The number of hydrogen-bond donors (Lipinski definition) is 0. The smallest absolute Gasteiger partial charge is 0.376 e. The first-order valence-corrected chi connectivity index (χ1v) is 11.3. The van der Waals surface area contributed by atoms with Crippen LogP contribution in [0.5, 0.6) is 0 Å². The van der Waals surface area contributed by atoms with Gasteiger partial charge in [-0.15, -0.1) is 0 Å². The molecule has 0 aliphatic carbocycles. The molecule has 4 rings (SSSR count). The van der Waals surface area contributed by atoms with Crippen LogP contribution in [0.4, 0.5) is 0 Å². The van der Waals surface area contributed by atoms with Crippen molar-refractivity contribution in [3.63, 3.8) is 0 Å². The van der Waals surface area contributed by atoms with E-state index >= 15 is 0 Å². The Kier molecular flexibility index (Phi) is 8.17. The van der Waals surface area contributed by atoms with E-state index < -0.39 is 17.5 Å². The van der Waals surface area contributed by atoms with Crippen molar-refractivity contribution in [3.05, 3.63) is 144 Å². The predicted molar refractivity (Wildman–Crippen MR) is 132 cm³/mol. The van der Waals surface area contributed by atoms with E-state index in [0.717, 1.165) is 16.7 Å². The molecule has 4 aromatic carbocycles. The third-order valence-corrected chi connectivity index (χ3v) is 5.39. The molecule has 0 radical (unpaired) electrons. The van der Waals surface area contributed by atoms with Crippen LogP contribution in [-0.2, 0) is 38.8 Å². The van der Waals surface area contributed by atoms with E-state index in [-0.39, 0.29) is 25.4 Å². The molecule has 0 saturated heterocycles. The van der Waals surface area contributed by atoms with E-state index in [2.05, 4.69) is 0 Å². The number of benzene rings is 4. The minimum atomic E-state index is -2.29. The second kappa shape index (κ2) is 11.9. The van der Waals surface area contributed by atoms with Gasteiger partial charge < -0.3 is 14.2 Å². The molecule has 0 bridgehead atoms. The van der Waals surface area contributed by atoms with Gasteiger partial charge in [-0.1, -0.05) is 121 Å². The third-order valence-electron chi connectivity index (χ3n) is 5.39. The van der Waals surface area contributed by atoms with Crippen molar-refractivity contribution in [1.82, 2.24) is 0 Å². The second-order valence-corrected chi connectivity index (χ2v) is 7.92. The maximum atomic E-state index is 13.8. The Morgan fingerprint density at radius 2 is 0.886 bits per heavy atom. The molecule has 176 valence electrons. The van der Waals surface area contributed by atoms with Crippen LogP contribution in [0.3, 0.4) is 0 Å². The highest BCUT2D eigenvalue weighted by Crippen LogP contribution is 2.26. The van der Waals surface area contributed by atoms with Crippen LogP contribution >= 0.6 is 0 Å². The topological polar surface area (TPSA) is 61.8 Å². The quantitative estimate of drug-likeness (QED) is 0.122. The summed E-state index contributed by atoms with van der Waals surface area (Å²) >= 11 is 0. The lowest BCUT2D eigenvalue weighted by Crippen LogP contribution is -2.52. The number of ether oxygens (including phenoxy) is 3. The molecular weight excluding hydrogens is 440 g/mol. The fraction of sp³-hybridized carbons (Fsp3) is 0.133. The number of hydrogen-bond acceptors (Lipinski definition) is 5. The van der Waals surface area contributed by atoms with Crippen molar-refractivity contribution < 1.29 is 23.8 Å². The summed E-state index contributed by atoms with van der Waals surface area (Å²) in [5, 5.41) is 0. The minimum absolute atomic E-state index is 0.0192. The van der Waals surface area contributed by atoms with Gasteiger partial charge in [-0.2, -0.15) is 0 Å². The summed E-state index contributed by atoms with van der Waals surface area (Å²) in [4.78, 5) is 27.4. The number of carbonyl (C=O) groups excluding carboxylic acids is 2. The van der Waals surface area contributed by atoms with Gasteiger partial charge in [-0.05, 0) is 16.7 Å². The lowest BCUT2D eigenvalue weighted by molar-refractivity contribution is -0.234. The van der Waals surface area contributed by atoms with Crippen LogP contribution in [0.15, 0.2) is 121 Å². The standard InChI is InChI=1S/C30H26O5/c31-28(27-19-11-4-12-20-27)30(34-22-25-15-7-2-8-16-25,35-23-26-17-9-3-10-18-26)29(32)33-21-24-13-5-1-6-14-24/h1-20H,21-23H2. The summed E-state index contributed by atoms with van der Waals surface area (Å²) in [5.41, 5.74) is 2.65. The number of esters is 1. The monoisotopic (exact) mass is 466 g/mol. The molecule has 0 fully saturated rings. The zero-order valence-electron chi connectivity index (χ0n) is 19.2. The number of ketones is 1. The molecule has 0 aliphatic heterocycles. The molecule has 0 saturated carbocycles. The van der Waals surface area contributed by atoms with Crippen molar-refractivity contribution in [1.29, 1.82) is 0 Å². The van der Waals surface area contributed by atoms with Crippen molar-refractivity contribution in [2.24, 2.45) is 0 Å². The van der Waals surface area contributed by atoms with Crippen molar-refractivity contribution >= 4 is 11.8 Å². The molecular formula is C30H26O5. The van der Waals surface area contributed by atoms with Gasteiger partial charge in [-0.25, -0.2) is 4.79 Å². The van der Waals surface area contributed by atoms with Gasteiger partial charge >= 0.3 is 11.8 Å². The van der Waals surface area contributed by atoms with Crippen LogP contribution in [0.1, 0.15) is 27.0 Å². The Balaban J connectivity index is 1.68. The van der Waals surface area contributed by atoms with E-state index in [4.69, 9.17) is 14.2 Å². The van der Waals surface area contributed by atoms with E-state index in [9.17, 15) is 9.59 Å². The van der Waals surface area contributed by atoms with E-state index in [1.165, 1.54) is 0 Å².